The average molecular weight is 284 g/mol. The molecule has 1 fully saturated rings. The summed E-state index contributed by atoms with van der Waals surface area (Å²) < 4.78 is 0. The van der Waals surface area contributed by atoms with E-state index in [4.69, 9.17) is 11.5 Å². The van der Waals surface area contributed by atoms with Gasteiger partial charge in [-0.15, -0.1) is 0 Å². The normalized spacial score (nSPS) is 22.4. The first-order chi connectivity index (χ1) is 10.1. The smallest absolute Gasteiger partial charge is 0.222 e. The van der Waals surface area contributed by atoms with Gasteiger partial charge in [-0.3, -0.25) is 9.78 Å². The van der Waals surface area contributed by atoms with E-state index in [2.05, 4.69) is 16.8 Å². The maximum absolute atomic E-state index is 11.5. The number of carbonyl (C=O) groups is 1. The predicted octanol–water partition coefficient (Wildman–Crippen LogP) is 1.91. The van der Waals surface area contributed by atoms with Crippen LogP contribution in [0.5, 0.6) is 0 Å². The molecule has 5 heteroatoms. The molecule has 2 atom stereocenters. The molecular formula is C16H20N4O. The number of anilines is 2. The summed E-state index contributed by atoms with van der Waals surface area (Å²) in [6.07, 6.45) is 3.56. The highest BCUT2D eigenvalue weighted by atomic mass is 16.1. The highest BCUT2D eigenvalue weighted by molar-refractivity contribution is 5.99. The van der Waals surface area contributed by atoms with E-state index in [0.717, 1.165) is 29.4 Å². The summed E-state index contributed by atoms with van der Waals surface area (Å²) in [6.45, 7) is 2.83. The molecule has 0 aliphatic carbocycles. The number of nitrogens with zero attached hydrogens (tertiary/aromatic N) is 2. The lowest BCUT2D eigenvalue weighted by Crippen LogP contribution is -2.46. The fourth-order valence-electron chi connectivity index (χ4n) is 3.10. The zero-order valence-corrected chi connectivity index (χ0v) is 12.1. The van der Waals surface area contributed by atoms with Crippen molar-refractivity contribution in [2.24, 2.45) is 11.7 Å². The van der Waals surface area contributed by atoms with E-state index in [0.29, 0.717) is 18.3 Å². The minimum atomic E-state index is -0.218. The van der Waals surface area contributed by atoms with Crippen molar-refractivity contribution < 1.29 is 4.79 Å². The largest absolute Gasteiger partial charge is 0.397 e. The molecule has 1 aliphatic heterocycles. The number of hydrogen-bond acceptors (Lipinski definition) is 4. The van der Waals surface area contributed by atoms with Crippen LogP contribution in [0.1, 0.15) is 19.8 Å². The number of pyridine rings is 1. The van der Waals surface area contributed by atoms with Crippen LogP contribution in [0.25, 0.3) is 10.9 Å². The van der Waals surface area contributed by atoms with Gasteiger partial charge in [0.15, 0.2) is 0 Å². The van der Waals surface area contributed by atoms with Crippen LogP contribution < -0.4 is 16.4 Å². The van der Waals surface area contributed by atoms with Gasteiger partial charge in [-0.2, -0.15) is 0 Å². The van der Waals surface area contributed by atoms with Crippen LogP contribution >= 0.6 is 0 Å². The molecule has 1 saturated heterocycles. The van der Waals surface area contributed by atoms with Crippen LogP contribution in [-0.4, -0.2) is 23.5 Å². The number of rotatable bonds is 2. The standard InChI is InChI=1S/C16H20N4O/c1-10-4-5-11(16(18)21)9-20(10)14-7-6-13(17)15-12(14)3-2-8-19-15/h2-3,6-8,10-11H,4-5,9,17H2,1H3,(H2,18,21). The van der Waals surface area contributed by atoms with Crippen molar-refractivity contribution in [2.75, 3.05) is 17.2 Å². The molecule has 0 spiro atoms. The molecule has 0 radical (unpaired) electrons. The summed E-state index contributed by atoms with van der Waals surface area (Å²) >= 11 is 0. The molecule has 3 rings (SSSR count). The van der Waals surface area contributed by atoms with Gasteiger partial charge in [0.05, 0.1) is 17.1 Å². The van der Waals surface area contributed by atoms with E-state index in [1.54, 1.807) is 6.20 Å². The summed E-state index contributed by atoms with van der Waals surface area (Å²) in [5.41, 5.74) is 14.1. The Balaban J connectivity index is 2.06. The van der Waals surface area contributed by atoms with E-state index in [1.807, 2.05) is 24.3 Å². The summed E-state index contributed by atoms with van der Waals surface area (Å²) in [7, 11) is 0. The Morgan fingerprint density at radius 3 is 2.90 bits per heavy atom. The first-order valence-corrected chi connectivity index (χ1v) is 7.27. The molecule has 1 aromatic heterocycles. The Bertz CT molecular complexity index is 685. The highest BCUT2D eigenvalue weighted by Gasteiger charge is 2.29. The zero-order chi connectivity index (χ0) is 15.0. The summed E-state index contributed by atoms with van der Waals surface area (Å²) in [5, 5.41) is 1.02. The molecule has 1 amide bonds. The second-order valence-electron chi connectivity index (χ2n) is 5.75. The fraction of sp³-hybridized carbons (Fsp3) is 0.375. The number of nitrogens with two attached hydrogens (primary N) is 2. The molecule has 2 unspecified atom stereocenters. The topological polar surface area (TPSA) is 85.2 Å². The Morgan fingerprint density at radius 1 is 1.33 bits per heavy atom. The van der Waals surface area contributed by atoms with Crippen LogP contribution in [0, 0.1) is 5.92 Å². The van der Waals surface area contributed by atoms with Crippen molar-refractivity contribution in [2.45, 2.75) is 25.8 Å². The lowest BCUT2D eigenvalue weighted by Gasteiger charge is -2.39. The maximum atomic E-state index is 11.5. The molecule has 2 aromatic rings. The van der Waals surface area contributed by atoms with Gasteiger partial charge in [-0.25, -0.2) is 0 Å². The molecule has 1 aromatic carbocycles. The number of aromatic nitrogens is 1. The lowest BCUT2D eigenvalue weighted by molar-refractivity contribution is -0.122. The van der Waals surface area contributed by atoms with Crippen molar-refractivity contribution in [1.82, 2.24) is 4.98 Å². The zero-order valence-electron chi connectivity index (χ0n) is 12.1. The molecule has 5 nitrogen and oxygen atoms in total. The Hall–Kier alpha value is -2.30. The Kier molecular flexibility index (Phi) is 3.41. The number of primary amides is 1. The number of piperidine rings is 1. The van der Waals surface area contributed by atoms with Gasteiger partial charge in [-0.05, 0) is 44.0 Å². The fourth-order valence-corrected chi connectivity index (χ4v) is 3.10. The molecule has 21 heavy (non-hydrogen) atoms. The minimum Gasteiger partial charge on any atom is -0.397 e. The van der Waals surface area contributed by atoms with Crippen molar-refractivity contribution in [3.8, 4) is 0 Å². The quantitative estimate of drug-likeness (QED) is 0.825. The maximum Gasteiger partial charge on any atom is 0.222 e. The highest BCUT2D eigenvalue weighted by Crippen LogP contribution is 2.34. The van der Waals surface area contributed by atoms with Crippen LogP contribution in [0.15, 0.2) is 30.5 Å². The Labute approximate surface area is 123 Å². The van der Waals surface area contributed by atoms with Gasteiger partial charge in [0.1, 0.15) is 0 Å². The van der Waals surface area contributed by atoms with Crippen molar-refractivity contribution in [1.29, 1.82) is 0 Å². The third-order valence-corrected chi connectivity index (χ3v) is 4.37. The summed E-state index contributed by atoms with van der Waals surface area (Å²) in [6, 6.07) is 8.19. The van der Waals surface area contributed by atoms with Crippen molar-refractivity contribution in [3.63, 3.8) is 0 Å². The van der Waals surface area contributed by atoms with Crippen molar-refractivity contribution >= 4 is 28.2 Å². The number of amides is 1. The third-order valence-electron chi connectivity index (χ3n) is 4.37. The van der Waals surface area contributed by atoms with Crippen LogP contribution in [0.2, 0.25) is 0 Å². The van der Waals surface area contributed by atoms with E-state index in [1.165, 1.54) is 0 Å². The second kappa shape index (κ2) is 5.24. The minimum absolute atomic E-state index is 0.0922. The summed E-state index contributed by atoms with van der Waals surface area (Å²) in [4.78, 5) is 18.1. The second-order valence-corrected chi connectivity index (χ2v) is 5.75. The number of carbonyl (C=O) groups excluding carboxylic acids is 1. The average Bonchev–Trinajstić information content (AvgIpc) is 2.49. The van der Waals surface area contributed by atoms with Crippen molar-refractivity contribution in [3.05, 3.63) is 30.5 Å². The van der Waals surface area contributed by atoms with E-state index >= 15 is 0 Å². The number of fused-ring (bicyclic) bond motifs is 1. The molecule has 1 aliphatic rings. The van der Waals surface area contributed by atoms with Gasteiger partial charge in [0.25, 0.3) is 0 Å². The van der Waals surface area contributed by atoms with Gasteiger partial charge in [-0.1, -0.05) is 0 Å². The molecule has 2 heterocycles. The number of benzene rings is 1. The van der Waals surface area contributed by atoms with E-state index < -0.39 is 0 Å². The molecule has 0 bridgehead atoms. The van der Waals surface area contributed by atoms with Crippen LogP contribution in [0.3, 0.4) is 0 Å². The predicted molar refractivity (Wildman–Crippen MR) is 84.9 cm³/mol. The monoisotopic (exact) mass is 284 g/mol. The van der Waals surface area contributed by atoms with E-state index in [9.17, 15) is 4.79 Å². The van der Waals surface area contributed by atoms with Gasteiger partial charge >= 0.3 is 0 Å². The van der Waals surface area contributed by atoms with Gasteiger partial charge < -0.3 is 16.4 Å². The van der Waals surface area contributed by atoms with Crippen LogP contribution in [0.4, 0.5) is 11.4 Å². The Morgan fingerprint density at radius 2 is 2.14 bits per heavy atom. The first kappa shape index (κ1) is 13.7. The molecule has 110 valence electrons. The van der Waals surface area contributed by atoms with Gasteiger partial charge in [0.2, 0.25) is 5.91 Å². The number of nitrogen functional groups attached to an aromatic ring is 1. The third kappa shape index (κ3) is 2.39. The van der Waals surface area contributed by atoms with Crippen LogP contribution in [-0.2, 0) is 4.79 Å². The molecule has 0 saturated carbocycles. The van der Waals surface area contributed by atoms with E-state index in [-0.39, 0.29) is 11.8 Å². The SMILES string of the molecule is CC1CCC(C(N)=O)CN1c1ccc(N)c2ncccc12. The summed E-state index contributed by atoms with van der Waals surface area (Å²) in [5.74, 6) is -0.310. The molecular weight excluding hydrogens is 264 g/mol. The lowest BCUT2D eigenvalue weighted by atomic mass is 9.92. The van der Waals surface area contributed by atoms with Gasteiger partial charge in [0, 0.05) is 29.9 Å². The number of hydrogen-bond donors (Lipinski definition) is 2. The first-order valence-electron chi connectivity index (χ1n) is 7.27. The molecule has 4 N–H and O–H groups in total.